The number of halogens is 2. The maximum atomic E-state index is 13.6. The number of rotatable bonds is 2. The van der Waals surface area contributed by atoms with Gasteiger partial charge in [0.2, 0.25) is 0 Å². The summed E-state index contributed by atoms with van der Waals surface area (Å²) < 4.78 is 26.4. The predicted octanol–water partition coefficient (Wildman–Crippen LogP) is 2.37. The molecule has 1 saturated carbocycles. The van der Waals surface area contributed by atoms with Gasteiger partial charge in [0.15, 0.2) is 0 Å². The highest BCUT2D eigenvalue weighted by Crippen LogP contribution is 2.37. The standard InChI is InChI=1S/C12H14F2N2O2/c13-8-2-4-10(11(14)6-8)7-1-3-9(5-7)16(18)12(15)17/h2,4,6-7,9,18H,1,3,5H2,(H2,15,17)/t7-,9-/m1/s1. The molecule has 0 aliphatic heterocycles. The fourth-order valence-corrected chi connectivity index (χ4v) is 2.47. The zero-order valence-corrected chi connectivity index (χ0v) is 9.64. The van der Waals surface area contributed by atoms with Gasteiger partial charge in [-0.3, -0.25) is 5.21 Å². The number of carbonyl (C=O) groups is 1. The lowest BCUT2D eigenvalue weighted by Crippen LogP contribution is -2.39. The van der Waals surface area contributed by atoms with Crippen LogP contribution in [0.2, 0.25) is 0 Å². The van der Waals surface area contributed by atoms with Gasteiger partial charge >= 0.3 is 6.03 Å². The van der Waals surface area contributed by atoms with E-state index in [4.69, 9.17) is 5.73 Å². The molecular formula is C12H14F2N2O2. The maximum absolute atomic E-state index is 13.6. The summed E-state index contributed by atoms with van der Waals surface area (Å²) in [6.07, 6.45) is 1.58. The normalized spacial score (nSPS) is 23.1. The van der Waals surface area contributed by atoms with E-state index < -0.39 is 23.7 Å². The Balaban J connectivity index is 2.11. The molecule has 0 saturated heterocycles. The molecule has 0 aromatic heterocycles. The van der Waals surface area contributed by atoms with Crippen LogP contribution in [0.15, 0.2) is 18.2 Å². The van der Waals surface area contributed by atoms with Crippen LogP contribution in [0.3, 0.4) is 0 Å². The molecular weight excluding hydrogens is 242 g/mol. The summed E-state index contributed by atoms with van der Waals surface area (Å²) in [7, 11) is 0. The summed E-state index contributed by atoms with van der Waals surface area (Å²) >= 11 is 0. The van der Waals surface area contributed by atoms with Crippen molar-refractivity contribution in [1.82, 2.24) is 5.06 Å². The van der Waals surface area contributed by atoms with Gasteiger partial charge in [-0.25, -0.2) is 18.6 Å². The molecule has 1 aliphatic carbocycles. The topological polar surface area (TPSA) is 66.6 Å². The number of carbonyl (C=O) groups excluding carboxylic acids is 1. The summed E-state index contributed by atoms with van der Waals surface area (Å²) in [6, 6.07) is 2.13. The van der Waals surface area contributed by atoms with Gasteiger partial charge in [-0.1, -0.05) is 6.07 Å². The van der Waals surface area contributed by atoms with Crippen molar-refractivity contribution in [1.29, 1.82) is 0 Å². The van der Waals surface area contributed by atoms with Crippen molar-refractivity contribution >= 4 is 6.03 Å². The van der Waals surface area contributed by atoms with Gasteiger partial charge in [0, 0.05) is 6.07 Å². The van der Waals surface area contributed by atoms with Crippen molar-refractivity contribution in [3.05, 3.63) is 35.4 Å². The smallest absolute Gasteiger partial charge is 0.338 e. The first-order valence-corrected chi connectivity index (χ1v) is 5.71. The first-order chi connectivity index (χ1) is 8.49. The van der Waals surface area contributed by atoms with Crippen LogP contribution in [0.4, 0.5) is 13.6 Å². The number of benzene rings is 1. The zero-order chi connectivity index (χ0) is 13.3. The molecule has 0 spiro atoms. The lowest BCUT2D eigenvalue weighted by atomic mass is 9.97. The third-order valence-corrected chi connectivity index (χ3v) is 3.38. The van der Waals surface area contributed by atoms with Crippen LogP contribution < -0.4 is 5.73 Å². The van der Waals surface area contributed by atoms with Gasteiger partial charge in [0.05, 0.1) is 6.04 Å². The van der Waals surface area contributed by atoms with E-state index in [9.17, 15) is 18.8 Å². The molecule has 1 aromatic carbocycles. The van der Waals surface area contributed by atoms with E-state index in [1.165, 1.54) is 12.1 Å². The molecule has 0 bridgehead atoms. The molecule has 3 N–H and O–H groups in total. The Kier molecular flexibility index (Phi) is 3.47. The van der Waals surface area contributed by atoms with E-state index in [0.717, 1.165) is 6.07 Å². The van der Waals surface area contributed by atoms with Crippen LogP contribution in [0.5, 0.6) is 0 Å². The highest BCUT2D eigenvalue weighted by Gasteiger charge is 2.32. The Hall–Kier alpha value is -1.69. The molecule has 18 heavy (non-hydrogen) atoms. The second-order valence-electron chi connectivity index (χ2n) is 4.51. The average molecular weight is 256 g/mol. The summed E-state index contributed by atoms with van der Waals surface area (Å²) in [4.78, 5) is 10.8. The average Bonchev–Trinajstić information content (AvgIpc) is 2.77. The van der Waals surface area contributed by atoms with E-state index in [1.807, 2.05) is 0 Å². The van der Waals surface area contributed by atoms with Crippen molar-refractivity contribution in [2.24, 2.45) is 5.73 Å². The van der Waals surface area contributed by atoms with E-state index >= 15 is 0 Å². The van der Waals surface area contributed by atoms with Gasteiger partial charge in [-0.05, 0) is 36.8 Å². The van der Waals surface area contributed by atoms with Crippen molar-refractivity contribution in [2.75, 3.05) is 0 Å². The Morgan fingerprint density at radius 2 is 2.11 bits per heavy atom. The van der Waals surface area contributed by atoms with Crippen LogP contribution in [0.1, 0.15) is 30.7 Å². The number of primary amides is 1. The second-order valence-corrected chi connectivity index (χ2v) is 4.51. The highest BCUT2D eigenvalue weighted by atomic mass is 19.1. The number of hydrogen-bond acceptors (Lipinski definition) is 2. The van der Waals surface area contributed by atoms with Crippen LogP contribution in [-0.4, -0.2) is 22.3 Å². The summed E-state index contributed by atoms with van der Waals surface area (Å²) in [5, 5.41) is 9.90. The van der Waals surface area contributed by atoms with E-state index in [2.05, 4.69) is 0 Å². The first kappa shape index (κ1) is 12.8. The molecule has 4 nitrogen and oxygen atoms in total. The summed E-state index contributed by atoms with van der Waals surface area (Å²) in [5.74, 6) is -1.35. The van der Waals surface area contributed by atoms with Gasteiger partial charge in [0.25, 0.3) is 0 Å². The number of nitrogens with two attached hydrogens (primary N) is 1. The van der Waals surface area contributed by atoms with Crippen LogP contribution in [-0.2, 0) is 0 Å². The second kappa shape index (κ2) is 4.89. The molecule has 2 atom stereocenters. The minimum atomic E-state index is -0.916. The molecule has 1 fully saturated rings. The molecule has 2 rings (SSSR count). The third-order valence-electron chi connectivity index (χ3n) is 3.38. The predicted molar refractivity (Wildman–Crippen MR) is 59.9 cm³/mol. The lowest BCUT2D eigenvalue weighted by molar-refractivity contribution is -0.0730. The largest absolute Gasteiger partial charge is 0.350 e. The van der Waals surface area contributed by atoms with Crippen LogP contribution in [0, 0.1) is 11.6 Å². The first-order valence-electron chi connectivity index (χ1n) is 5.71. The zero-order valence-electron chi connectivity index (χ0n) is 9.64. The van der Waals surface area contributed by atoms with Crippen molar-refractivity contribution in [3.63, 3.8) is 0 Å². The van der Waals surface area contributed by atoms with Crippen molar-refractivity contribution < 1.29 is 18.8 Å². The van der Waals surface area contributed by atoms with Gasteiger partial charge in [-0.2, -0.15) is 0 Å². The number of nitrogens with zero attached hydrogens (tertiary/aromatic N) is 1. The fourth-order valence-electron chi connectivity index (χ4n) is 2.47. The lowest BCUT2D eigenvalue weighted by Gasteiger charge is -2.20. The van der Waals surface area contributed by atoms with Gasteiger partial charge in [-0.15, -0.1) is 0 Å². The quantitative estimate of drug-likeness (QED) is 0.630. The monoisotopic (exact) mass is 256 g/mol. The molecule has 1 aromatic rings. The Bertz CT molecular complexity index is 467. The SMILES string of the molecule is NC(=O)N(O)[C@@H]1CC[C@@H](c2ccc(F)cc2F)C1. The van der Waals surface area contributed by atoms with Crippen LogP contribution >= 0.6 is 0 Å². The minimum absolute atomic E-state index is 0.135. The number of hydrogen-bond donors (Lipinski definition) is 2. The third kappa shape index (κ3) is 2.43. The fraction of sp³-hybridized carbons (Fsp3) is 0.417. The number of hydroxylamine groups is 2. The molecule has 0 unspecified atom stereocenters. The molecule has 6 heteroatoms. The Labute approximate surface area is 103 Å². The number of urea groups is 1. The Morgan fingerprint density at radius 3 is 2.72 bits per heavy atom. The Morgan fingerprint density at radius 1 is 1.39 bits per heavy atom. The van der Waals surface area contributed by atoms with Crippen LogP contribution in [0.25, 0.3) is 0 Å². The summed E-state index contributed by atoms with van der Waals surface area (Å²) in [5.41, 5.74) is 5.38. The molecule has 2 amide bonds. The molecule has 0 heterocycles. The minimum Gasteiger partial charge on any atom is -0.350 e. The van der Waals surface area contributed by atoms with E-state index in [0.29, 0.717) is 29.9 Å². The molecule has 0 radical (unpaired) electrons. The van der Waals surface area contributed by atoms with Crippen molar-refractivity contribution in [3.8, 4) is 0 Å². The van der Waals surface area contributed by atoms with E-state index in [-0.39, 0.29) is 5.92 Å². The maximum Gasteiger partial charge on any atom is 0.338 e. The highest BCUT2D eigenvalue weighted by molar-refractivity contribution is 5.70. The van der Waals surface area contributed by atoms with E-state index in [1.54, 1.807) is 0 Å². The van der Waals surface area contributed by atoms with Crippen molar-refractivity contribution in [2.45, 2.75) is 31.2 Å². The summed E-state index contributed by atoms with van der Waals surface area (Å²) in [6.45, 7) is 0. The molecule has 98 valence electrons. The number of amides is 2. The van der Waals surface area contributed by atoms with Gasteiger partial charge in [0.1, 0.15) is 11.6 Å². The van der Waals surface area contributed by atoms with Gasteiger partial charge < -0.3 is 5.73 Å². The molecule has 1 aliphatic rings.